The summed E-state index contributed by atoms with van der Waals surface area (Å²) in [4.78, 5) is 11.8. The van der Waals surface area contributed by atoms with E-state index < -0.39 is 0 Å². The second-order valence-electron chi connectivity index (χ2n) is 4.83. The lowest BCUT2D eigenvalue weighted by molar-refractivity contribution is -0.118. The van der Waals surface area contributed by atoms with Crippen molar-refractivity contribution >= 4 is 11.7 Å². The molecule has 118 valence electrons. The Morgan fingerprint density at radius 2 is 1.96 bits per heavy atom. The van der Waals surface area contributed by atoms with E-state index in [2.05, 4.69) is 15.5 Å². The fourth-order valence-corrected chi connectivity index (χ4v) is 2.03. The molecule has 0 radical (unpaired) electrons. The van der Waals surface area contributed by atoms with Crippen LogP contribution in [-0.4, -0.2) is 32.1 Å². The van der Waals surface area contributed by atoms with Gasteiger partial charge in [-0.25, -0.2) is 4.68 Å². The molecular weight excluding hydrogens is 294 g/mol. The minimum Gasteiger partial charge on any atom is -0.466 e. The molecule has 0 saturated carbocycles. The van der Waals surface area contributed by atoms with Gasteiger partial charge >= 0.3 is 0 Å². The maximum absolute atomic E-state index is 11.8. The Balaban J connectivity index is 1.54. The van der Waals surface area contributed by atoms with E-state index in [9.17, 15) is 4.79 Å². The molecule has 0 bridgehead atoms. The molecule has 3 aromatic rings. The average molecular weight is 311 g/mol. The Kier molecular flexibility index (Phi) is 4.37. The molecule has 2 heterocycles. The second kappa shape index (κ2) is 6.78. The van der Waals surface area contributed by atoms with E-state index in [0.29, 0.717) is 11.7 Å². The number of nitrogens with zero attached hydrogens (tertiary/aromatic N) is 4. The molecular formula is C16H17N5O2. The number of carbonyl (C=O) groups is 1. The quantitative estimate of drug-likeness (QED) is 0.756. The summed E-state index contributed by atoms with van der Waals surface area (Å²) in [5.74, 6) is 0.624. The third-order valence-electron chi connectivity index (χ3n) is 3.17. The summed E-state index contributed by atoms with van der Waals surface area (Å²) in [6, 6.07) is 13.1. The van der Waals surface area contributed by atoms with Crippen LogP contribution in [-0.2, 0) is 11.3 Å². The average Bonchev–Trinajstić information content (AvgIpc) is 3.23. The Bertz CT molecular complexity index is 779. The van der Waals surface area contributed by atoms with Crippen molar-refractivity contribution in [3.8, 4) is 11.6 Å². The van der Waals surface area contributed by atoms with Gasteiger partial charge in [-0.3, -0.25) is 9.48 Å². The van der Waals surface area contributed by atoms with Crippen LogP contribution in [0.5, 0.6) is 5.88 Å². The molecule has 0 saturated heterocycles. The van der Waals surface area contributed by atoms with Gasteiger partial charge in [0.05, 0.1) is 5.69 Å². The van der Waals surface area contributed by atoms with Crippen molar-refractivity contribution in [2.24, 2.45) is 0 Å². The van der Waals surface area contributed by atoms with E-state index in [4.69, 9.17) is 4.74 Å². The number of rotatable bonds is 6. The fraction of sp³-hybridized carbons (Fsp3) is 0.188. The number of hydrogen-bond donors (Lipinski definition) is 1. The van der Waals surface area contributed by atoms with Gasteiger partial charge in [-0.05, 0) is 19.1 Å². The molecule has 3 rings (SSSR count). The molecule has 0 aliphatic heterocycles. The zero-order valence-electron chi connectivity index (χ0n) is 12.7. The standard InChI is InChI=1S/C16H17N5O2/c1-2-20-10-8-14(18-20)17-15(22)12-23-16-9-11-21(19-16)13-6-4-3-5-7-13/h3-11H,2,12H2,1H3,(H,17,18,22). The predicted octanol–water partition coefficient (Wildman–Crippen LogP) is 2.11. The molecule has 1 aromatic carbocycles. The molecule has 0 fully saturated rings. The number of ether oxygens (including phenoxy) is 1. The van der Waals surface area contributed by atoms with Crippen LogP contribution in [0.4, 0.5) is 5.82 Å². The maximum Gasteiger partial charge on any atom is 0.263 e. The molecule has 7 heteroatoms. The first-order chi connectivity index (χ1) is 11.2. The lowest BCUT2D eigenvalue weighted by Gasteiger charge is -2.03. The van der Waals surface area contributed by atoms with Crippen LogP contribution in [0.3, 0.4) is 0 Å². The molecule has 23 heavy (non-hydrogen) atoms. The van der Waals surface area contributed by atoms with E-state index in [1.165, 1.54) is 0 Å². The van der Waals surface area contributed by atoms with Crippen LogP contribution in [0.25, 0.3) is 5.69 Å². The molecule has 2 aromatic heterocycles. The van der Waals surface area contributed by atoms with Crippen LogP contribution < -0.4 is 10.1 Å². The summed E-state index contributed by atoms with van der Waals surface area (Å²) in [5.41, 5.74) is 0.928. The first kappa shape index (κ1) is 14.8. The highest BCUT2D eigenvalue weighted by molar-refractivity contribution is 5.90. The molecule has 1 amide bonds. The molecule has 1 N–H and O–H groups in total. The highest BCUT2D eigenvalue weighted by atomic mass is 16.5. The number of nitrogens with one attached hydrogen (secondary N) is 1. The molecule has 0 aliphatic carbocycles. The smallest absolute Gasteiger partial charge is 0.263 e. The maximum atomic E-state index is 11.8. The van der Waals surface area contributed by atoms with E-state index in [1.54, 1.807) is 33.9 Å². The van der Waals surface area contributed by atoms with Crippen molar-refractivity contribution < 1.29 is 9.53 Å². The normalized spacial score (nSPS) is 10.5. The summed E-state index contributed by atoms with van der Waals surface area (Å²) >= 11 is 0. The van der Waals surface area contributed by atoms with E-state index in [0.717, 1.165) is 12.2 Å². The molecule has 7 nitrogen and oxygen atoms in total. The third-order valence-corrected chi connectivity index (χ3v) is 3.17. The van der Waals surface area contributed by atoms with Gasteiger partial charge in [0.15, 0.2) is 12.4 Å². The van der Waals surface area contributed by atoms with Crippen LogP contribution in [0.2, 0.25) is 0 Å². The van der Waals surface area contributed by atoms with Crippen LogP contribution >= 0.6 is 0 Å². The summed E-state index contributed by atoms with van der Waals surface area (Å²) in [6.45, 7) is 2.61. The minimum atomic E-state index is -0.277. The van der Waals surface area contributed by atoms with Crippen molar-refractivity contribution in [2.45, 2.75) is 13.5 Å². The second-order valence-corrected chi connectivity index (χ2v) is 4.83. The number of aryl methyl sites for hydroxylation is 1. The molecule has 0 spiro atoms. The predicted molar refractivity (Wildman–Crippen MR) is 85.6 cm³/mol. The first-order valence-electron chi connectivity index (χ1n) is 7.32. The monoisotopic (exact) mass is 311 g/mol. The number of carbonyl (C=O) groups excluding carboxylic acids is 1. The fourth-order valence-electron chi connectivity index (χ4n) is 2.03. The first-order valence-corrected chi connectivity index (χ1v) is 7.32. The summed E-state index contributed by atoms with van der Waals surface area (Å²) in [6.07, 6.45) is 3.59. The van der Waals surface area contributed by atoms with Crippen molar-refractivity contribution in [1.82, 2.24) is 19.6 Å². The Morgan fingerprint density at radius 1 is 1.13 bits per heavy atom. The van der Waals surface area contributed by atoms with Crippen LogP contribution in [0.1, 0.15) is 6.92 Å². The highest BCUT2D eigenvalue weighted by Gasteiger charge is 2.08. The van der Waals surface area contributed by atoms with E-state index >= 15 is 0 Å². The summed E-state index contributed by atoms with van der Waals surface area (Å²) in [5, 5.41) is 11.1. The molecule has 0 unspecified atom stereocenters. The van der Waals surface area contributed by atoms with Gasteiger partial charge in [0.1, 0.15) is 0 Å². The lowest BCUT2D eigenvalue weighted by Crippen LogP contribution is -2.20. The Morgan fingerprint density at radius 3 is 2.70 bits per heavy atom. The number of para-hydroxylation sites is 1. The zero-order chi connectivity index (χ0) is 16.1. The van der Waals surface area contributed by atoms with Crippen molar-refractivity contribution in [3.05, 3.63) is 54.9 Å². The van der Waals surface area contributed by atoms with Gasteiger partial charge in [0.2, 0.25) is 5.88 Å². The molecule has 0 atom stereocenters. The summed E-state index contributed by atoms with van der Waals surface area (Å²) < 4.78 is 8.82. The van der Waals surface area contributed by atoms with E-state index in [1.807, 2.05) is 37.3 Å². The number of hydrogen-bond acceptors (Lipinski definition) is 4. The van der Waals surface area contributed by atoms with Crippen LogP contribution in [0.15, 0.2) is 54.9 Å². The lowest BCUT2D eigenvalue weighted by atomic mass is 10.3. The number of benzene rings is 1. The Hall–Kier alpha value is -3.09. The molecule has 0 aliphatic rings. The topological polar surface area (TPSA) is 74.0 Å². The summed E-state index contributed by atoms with van der Waals surface area (Å²) in [7, 11) is 0. The number of amides is 1. The van der Waals surface area contributed by atoms with Gasteiger partial charge < -0.3 is 10.1 Å². The SMILES string of the molecule is CCn1ccc(NC(=O)COc2ccn(-c3ccccc3)n2)n1. The van der Waals surface area contributed by atoms with Gasteiger partial charge in [-0.2, -0.15) is 5.10 Å². The zero-order valence-corrected chi connectivity index (χ0v) is 12.7. The number of aromatic nitrogens is 4. The van der Waals surface area contributed by atoms with Crippen molar-refractivity contribution in [2.75, 3.05) is 11.9 Å². The van der Waals surface area contributed by atoms with Gasteiger partial charge in [-0.15, -0.1) is 5.10 Å². The van der Waals surface area contributed by atoms with Gasteiger partial charge in [0, 0.05) is 31.1 Å². The van der Waals surface area contributed by atoms with Crippen molar-refractivity contribution in [1.29, 1.82) is 0 Å². The van der Waals surface area contributed by atoms with Crippen LogP contribution in [0, 0.1) is 0 Å². The highest BCUT2D eigenvalue weighted by Crippen LogP contribution is 2.11. The number of anilines is 1. The Labute approximate surface area is 133 Å². The van der Waals surface area contributed by atoms with Crippen molar-refractivity contribution in [3.63, 3.8) is 0 Å². The minimum absolute atomic E-state index is 0.120. The largest absolute Gasteiger partial charge is 0.466 e. The van der Waals surface area contributed by atoms with Gasteiger partial charge in [0.25, 0.3) is 5.91 Å². The van der Waals surface area contributed by atoms with Gasteiger partial charge in [-0.1, -0.05) is 18.2 Å². The van der Waals surface area contributed by atoms with E-state index in [-0.39, 0.29) is 12.5 Å². The third kappa shape index (κ3) is 3.76.